The Kier molecular flexibility index (Phi) is 5.31. The van der Waals surface area contributed by atoms with Gasteiger partial charge in [0.1, 0.15) is 0 Å². The van der Waals surface area contributed by atoms with Crippen LogP contribution >= 0.6 is 0 Å². The molecule has 1 aromatic rings. The maximum atomic E-state index is 6.38. The van der Waals surface area contributed by atoms with E-state index in [4.69, 9.17) is 5.73 Å². The maximum absolute atomic E-state index is 6.38. The lowest BCUT2D eigenvalue weighted by molar-refractivity contribution is 0.174. The Hall–Kier alpha value is -0.970. The Morgan fingerprint density at radius 1 is 1.32 bits per heavy atom. The molecule has 0 spiro atoms. The quantitative estimate of drug-likeness (QED) is 0.893. The van der Waals surface area contributed by atoms with E-state index in [0.717, 1.165) is 26.1 Å². The molecule has 2 atom stereocenters. The van der Waals surface area contributed by atoms with E-state index in [2.05, 4.69) is 34.8 Å². The predicted molar refractivity (Wildman–Crippen MR) is 78.9 cm³/mol. The molecule has 0 aromatic carbocycles. The van der Waals surface area contributed by atoms with E-state index in [1.807, 2.05) is 18.5 Å². The SMILES string of the molecule is CCC(N)C(c1cccnc1)N1CCCN(C)CC1. The first-order valence-corrected chi connectivity index (χ1v) is 7.30. The zero-order valence-electron chi connectivity index (χ0n) is 12.1. The van der Waals surface area contributed by atoms with E-state index in [9.17, 15) is 0 Å². The molecule has 2 N–H and O–H groups in total. The largest absolute Gasteiger partial charge is 0.326 e. The molecule has 4 nitrogen and oxygen atoms in total. The highest BCUT2D eigenvalue weighted by atomic mass is 15.2. The van der Waals surface area contributed by atoms with E-state index < -0.39 is 0 Å². The average Bonchev–Trinajstić information content (AvgIpc) is 2.65. The molecule has 1 aliphatic heterocycles. The molecule has 2 heterocycles. The van der Waals surface area contributed by atoms with Crippen LogP contribution in [-0.2, 0) is 0 Å². The molecule has 106 valence electrons. The molecule has 19 heavy (non-hydrogen) atoms. The third kappa shape index (κ3) is 3.75. The van der Waals surface area contributed by atoms with E-state index >= 15 is 0 Å². The molecule has 0 saturated carbocycles. The van der Waals surface area contributed by atoms with Gasteiger partial charge in [-0.25, -0.2) is 0 Å². The van der Waals surface area contributed by atoms with Crippen molar-refractivity contribution < 1.29 is 0 Å². The summed E-state index contributed by atoms with van der Waals surface area (Å²) in [7, 11) is 2.20. The summed E-state index contributed by atoms with van der Waals surface area (Å²) in [5, 5.41) is 0. The lowest BCUT2D eigenvalue weighted by atomic mass is 9.97. The minimum absolute atomic E-state index is 0.174. The van der Waals surface area contributed by atoms with Crippen LogP contribution in [0.25, 0.3) is 0 Å². The highest BCUT2D eigenvalue weighted by molar-refractivity contribution is 5.16. The average molecular weight is 262 g/mol. The lowest BCUT2D eigenvalue weighted by Gasteiger charge is -2.34. The van der Waals surface area contributed by atoms with Crippen molar-refractivity contribution in [2.24, 2.45) is 5.73 Å². The Bertz CT molecular complexity index is 368. The van der Waals surface area contributed by atoms with Crippen molar-refractivity contribution in [2.45, 2.75) is 31.8 Å². The summed E-state index contributed by atoms with van der Waals surface area (Å²) in [6.45, 7) is 6.67. The molecular weight excluding hydrogens is 236 g/mol. The van der Waals surface area contributed by atoms with Crippen LogP contribution < -0.4 is 5.73 Å². The van der Waals surface area contributed by atoms with Gasteiger partial charge >= 0.3 is 0 Å². The Labute approximate surface area is 116 Å². The molecule has 1 saturated heterocycles. The lowest BCUT2D eigenvalue weighted by Crippen LogP contribution is -2.42. The first kappa shape index (κ1) is 14.4. The van der Waals surface area contributed by atoms with Gasteiger partial charge in [-0.2, -0.15) is 0 Å². The van der Waals surface area contributed by atoms with E-state index in [0.29, 0.717) is 6.04 Å². The Morgan fingerprint density at radius 3 is 2.84 bits per heavy atom. The first-order valence-electron chi connectivity index (χ1n) is 7.30. The summed E-state index contributed by atoms with van der Waals surface area (Å²) in [6.07, 6.45) is 6.00. The second-order valence-corrected chi connectivity index (χ2v) is 5.50. The molecule has 0 radical (unpaired) electrons. The molecule has 4 heteroatoms. The summed E-state index contributed by atoms with van der Waals surface area (Å²) >= 11 is 0. The third-order valence-corrected chi connectivity index (χ3v) is 4.05. The van der Waals surface area contributed by atoms with Crippen molar-refractivity contribution in [1.82, 2.24) is 14.8 Å². The normalized spacial score (nSPS) is 21.8. The van der Waals surface area contributed by atoms with Crippen LogP contribution in [0.1, 0.15) is 31.4 Å². The molecule has 0 aliphatic carbocycles. The van der Waals surface area contributed by atoms with Gasteiger partial charge < -0.3 is 10.6 Å². The number of hydrogen-bond acceptors (Lipinski definition) is 4. The highest BCUT2D eigenvalue weighted by Gasteiger charge is 2.27. The number of aromatic nitrogens is 1. The van der Waals surface area contributed by atoms with Crippen molar-refractivity contribution in [3.8, 4) is 0 Å². The van der Waals surface area contributed by atoms with E-state index in [1.54, 1.807) is 0 Å². The fourth-order valence-corrected chi connectivity index (χ4v) is 2.85. The predicted octanol–water partition coefficient (Wildman–Crippen LogP) is 1.50. The summed E-state index contributed by atoms with van der Waals surface area (Å²) in [6, 6.07) is 4.63. The van der Waals surface area contributed by atoms with Gasteiger partial charge in [0.25, 0.3) is 0 Å². The second kappa shape index (κ2) is 6.98. The molecule has 2 rings (SSSR count). The monoisotopic (exact) mass is 262 g/mol. The minimum atomic E-state index is 0.174. The van der Waals surface area contributed by atoms with Gasteiger partial charge in [-0.05, 0) is 38.1 Å². The van der Waals surface area contributed by atoms with Gasteiger partial charge in [-0.1, -0.05) is 13.0 Å². The fraction of sp³-hybridized carbons (Fsp3) is 0.667. The zero-order valence-corrected chi connectivity index (χ0v) is 12.1. The van der Waals surface area contributed by atoms with Crippen molar-refractivity contribution >= 4 is 0 Å². The second-order valence-electron chi connectivity index (χ2n) is 5.50. The molecule has 2 unspecified atom stereocenters. The minimum Gasteiger partial charge on any atom is -0.326 e. The van der Waals surface area contributed by atoms with Crippen molar-refractivity contribution in [3.63, 3.8) is 0 Å². The highest BCUT2D eigenvalue weighted by Crippen LogP contribution is 2.25. The summed E-state index contributed by atoms with van der Waals surface area (Å²) in [5.74, 6) is 0. The number of pyridine rings is 1. The zero-order chi connectivity index (χ0) is 13.7. The summed E-state index contributed by atoms with van der Waals surface area (Å²) in [5.41, 5.74) is 7.63. The first-order chi connectivity index (χ1) is 9.22. The third-order valence-electron chi connectivity index (χ3n) is 4.05. The van der Waals surface area contributed by atoms with Crippen LogP contribution in [0.4, 0.5) is 0 Å². The van der Waals surface area contributed by atoms with Crippen molar-refractivity contribution in [3.05, 3.63) is 30.1 Å². The molecule has 1 aromatic heterocycles. The van der Waals surface area contributed by atoms with Gasteiger partial charge in [-0.15, -0.1) is 0 Å². The van der Waals surface area contributed by atoms with Crippen LogP contribution in [0.15, 0.2) is 24.5 Å². The number of nitrogens with zero attached hydrogens (tertiary/aromatic N) is 3. The van der Waals surface area contributed by atoms with Gasteiger partial charge in [0.05, 0.1) is 6.04 Å². The number of rotatable bonds is 4. The van der Waals surface area contributed by atoms with E-state index in [-0.39, 0.29) is 6.04 Å². The molecule has 1 aliphatic rings. The van der Waals surface area contributed by atoms with Crippen LogP contribution in [0, 0.1) is 0 Å². The van der Waals surface area contributed by atoms with Crippen LogP contribution in [0.3, 0.4) is 0 Å². The summed E-state index contributed by atoms with van der Waals surface area (Å²) in [4.78, 5) is 9.20. The smallest absolute Gasteiger partial charge is 0.0514 e. The maximum Gasteiger partial charge on any atom is 0.0514 e. The van der Waals surface area contributed by atoms with Crippen molar-refractivity contribution in [2.75, 3.05) is 33.2 Å². The van der Waals surface area contributed by atoms with Crippen LogP contribution in [-0.4, -0.2) is 54.1 Å². The van der Waals surface area contributed by atoms with Crippen LogP contribution in [0.2, 0.25) is 0 Å². The van der Waals surface area contributed by atoms with Crippen LogP contribution in [0.5, 0.6) is 0 Å². The molecular formula is C15H26N4. The van der Waals surface area contributed by atoms with Gasteiger partial charge in [0, 0.05) is 38.1 Å². The Balaban J connectivity index is 2.18. The van der Waals surface area contributed by atoms with E-state index in [1.165, 1.54) is 18.5 Å². The van der Waals surface area contributed by atoms with Gasteiger partial charge in [0.2, 0.25) is 0 Å². The molecule has 1 fully saturated rings. The molecule has 0 bridgehead atoms. The number of likely N-dealkylation sites (N-methyl/N-ethyl adjacent to an activating group) is 1. The summed E-state index contributed by atoms with van der Waals surface area (Å²) < 4.78 is 0. The van der Waals surface area contributed by atoms with Gasteiger partial charge in [-0.3, -0.25) is 9.88 Å². The topological polar surface area (TPSA) is 45.4 Å². The fourth-order valence-electron chi connectivity index (χ4n) is 2.85. The Morgan fingerprint density at radius 2 is 2.16 bits per heavy atom. The van der Waals surface area contributed by atoms with Gasteiger partial charge in [0.15, 0.2) is 0 Å². The van der Waals surface area contributed by atoms with Crippen molar-refractivity contribution in [1.29, 1.82) is 0 Å². The molecule has 0 amide bonds. The number of nitrogens with two attached hydrogens (primary N) is 1. The standard InChI is InChI=1S/C15H26N4/c1-3-14(16)15(13-6-4-7-17-12-13)19-9-5-8-18(2)10-11-19/h4,6-7,12,14-15H,3,5,8-11,16H2,1-2H3. The number of hydrogen-bond donors (Lipinski definition) is 1.